The normalized spacial score (nSPS) is 21.1. The molecule has 366 valence electrons. The number of amides is 4. The van der Waals surface area contributed by atoms with Crippen LogP contribution in [0.25, 0.3) is 11.2 Å². The molecule has 3 aliphatic rings. The molecule has 0 radical (unpaired) electrons. The van der Waals surface area contributed by atoms with E-state index < -0.39 is 48.6 Å². The largest absolute Gasteiger partial charge is 0.490 e. The number of rotatable bonds is 13. The first-order valence-corrected chi connectivity index (χ1v) is 22.0. The maximum absolute atomic E-state index is 13.3. The third-order valence-electron chi connectivity index (χ3n) is 11.8. The fraction of sp³-hybridized carbons (Fsp3) is 0.391. The first kappa shape index (κ1) is 49.5. The van der Waals surface area contributed by atoms with Gasteiger partial charge in [-0.25, -0.2) is 19.4 Å². The van der Waals surface area contributed by atoms with Crippen LogP contribution in [0.5, 0.6) is 0 Å². The van der Waals surface area contributed by atoms with E-state index in [0.29, 0.717) is 86.2 Å². The number of methoxy groups -OCH3 is 1. The molecule has 0 saturated carbocycles. The number of esters is 1. The Balaban J connectivity index is 0.000000933. The lowest BCUT2D eigenvalue weighted by Crippen LogP contribution is -2.48. The number of nitrogens with one attached hydrogen (secondary N) is 4. The Labute approximate surface area is 392 Å². The molecule has 0 aliphatic carbocycles. The highest BCUT2D eigenvalue weighted by atomic mass is 19.4. The number of carboxylic acids is 1. The van der Waals surface area contributed by atoms with Gasteiger partial charge in [0, 0.05) is 62.8 Å². The van der Waals surface area contributed by atoms with Crippen molar-refractivity contribution in [3.63, 3.8) is 0 Å². The van der Waals surface area contributed by atoms with Gasteiger partial charge in [-0.1, -0.05) is 60.7 Å². The Morgan fingerprint density at radius 1 is 0.841 bits per heavy atom. The number of benzene rings is 3. The van der Waals surface area contributed by atoms with Gasteiger partial charge in [0.2, 0.25) is 5.95 Å². The number of imidazole rings is 1. The molecule has 20 nitrogen and oxygen atoms in total. The monoisotopic (exact) mass is 960 g/mol. The number of aliphatic hydroxyl groups is 2. The smallest absolute Gasteiger partial charge is 0.475 e. The molecule has 5 aromatic rings. The van der Waals surface area contributed by atoms with E-state index in [0.717, 1.165) is 11.1 Å². The number of halogens is 3. The number of ether oxygens (including phenoxy) is 2. The molecule has 23 heteroatoms. The maximum Gasteiger partial charge on any atom is 0.490 e. The molecule has 69 heavy (non-hydrogen) atoms. The fourth-order valence-electron chi connectivity index (χ4n) is 8.32. The summed E-state index contributed by atoms with van der Waals surface area (Å²) in [5.41, 5.74) is 3.71. The number of nitrogens with zero attached hydrogens (tertiary/aromatic N) is 6. The van der Waals surface area contributed by atoms with E-state index in [1.165, 1.54) is 18.0 Å². The van der Waals surface area contributed by atoms with Crippen molar-refractivity contribution in [3.05, 3.63) is 114 Å². The molecule has 4 amide bonds. The minimum Gasteiger partial charge on any atom is -0.475 e. The summed E-state index contributed by atoms with van der Waals surface area (Å²) in [6.07, 6.45) is -7.87. The number of carboxylic acid groups (broad SMARTS) is 1. The second-order valence-electron chi connectivity index (χ2n) is 16.4. The number of alkyl halides is 3. The summed E-state index contributed by atoms with van der Waals surface area (Å²) in [7, 11) is 1.30. The summed E-state index contributed by atoms with van der Waals surface area (Å²) in [5, 5.41) is 41.4. The van der Waals surface area contributed by atoms with Crippen LogP contribution in [0.1, 0.15) is 63.8 Å². The zero-order chi connectivity index (χ0) is 49.4. The lowest BCUT2D eigenvalue weighted by molar-refractivity contribution is -0.192. The number of likely N-dealkylation sites (tertiary alicyclic amines) is 1. The van der Waals surface area contributed by atoms with Crippen molar-refractivity contribution in [3.8, 4) is 0 Å². The van der Waals surface area contributed by atoms with Gasteiger partial charge >= 0.3 is 24.1 Å². The molecule has 0 unspecified atom stereocenters. The standard InChI is InChI=1S/C44H50N10O8.C2HF3O2/c1-3-45-39(57)36-34(55)35(56)41(62-36)54-25-47-33-37(46-22-32(26-10-6-4-7-11-26)27-12-8-5-9-13-27)50-43(51-38(33)54)53-21-19-31(24-53)49-44(60)48-30-18-20-52(23-30)40(58)28-14-16-29(17-15-28)42(59)61-2;3-2(4,5)1(6)7/h4-17,25,30-32,34-36,41,55-56H,3,18-24H2,1-2H3,(H,45,57)(H,46,50,51)(H2,48,49,60);(H,6,7)/t30-,31-,34+,35-,36+,41-;/m1./s1. The number of hydrogen-bond donors (Lipinski definition) is 7. The molecule has 5 heterocycles. The summed E-state index contributed by atoms with van der Waals surface area (Å²) < 4.78 is 44.0. The van der Waals surface area contributed by atoms with Gasteiger partial charge in [0.1, 0.15) is 12.2 Å². The molecule has 0 bridgehead atoms. The van der Waals surface area contributed by atoms with Crippen molar-refractivity contribution in [2.24, 2.45) is 0 Å². The highest BCUT2D eigenvalue weighted by Crippen LogP contribution is 2.35. The molecular formula is C46H51F3N10O10. The van der Waals surface area contributed by atoms with Crippen molar-refractivity contribution in [1.82, 2.24) is 40.4 Å². The van der Waals surface area contributed by atoms with E-state index in [2.05, 4.69) is 50.5 Å². The van der Waals surface area contributed by atoms with E-state index in [9.17, 15) is 42.6 Å². The van der Waals surface area contributed by atoms with E-state index in [1.807, 2.05) is 41.3 Å². The van der Waals surface area contributed by atoms with Gasteiger partial charge in [-0.15, -0.1) is 0 Å². The predicted octanol–water partition coefficient (Wildman–Crippen LogP) is 3.04. The van der Waals surface area contributed by atoms with Gasteiger partial charge in [-0.3, -0.25) is 14.2 Å². The average molecular weight is 961 g/mol. The first-order valence-electron chi connectivity index (χ1n) is 22.0. The zero-order valence-corrected chi connectivity index (χ0v) is 37.4. The Morgan fingerprint density at radius 3 is 2.03 bits per heavy atom. The van der Waals surface area contributed by atoms with E-state index in [1.54, 1.807) is 36.1 Å². The summed E-state index contributed by atoms with van der Waals surface area (Å²) in [6.45, 7) is 4.24. The van der Waals surface area contributed by atoms with Crippen LogP contribution < -0.4 is 26.2 Å². The number of aromatic nitrogens is 4. The van der Waals surface area contributed by atoms with Crippen molar-refractivity contribution < 1.29 is 61.9 Å². The van der Waals surface area contributed by atoms with Gasteiger partial charge in [0.25, 0.3) is 11.8 Å². The molecule has 3 aliphatic heterocycles. The van der Waals surface area contributed by atoms with Crippen molar-refractivity contribution in [1.29, 1.82) is 0 Å². The number of fused-ring (bicyclic) bond motifs is 1. The molecule has 2 aromatic heterocycles. The van der Waals surface area contributed by atoms with Crippen LogP contribution in [0.15, 0.2) is 91.3 Å². The van der Waals surface area contributed by atoms with E-state index in [4.69, 9.17) is 29.3 Å². The van der Waals surface area contributed by atoms with Crippen molar-refractivity contribution >= 4 is 52.7 Å². The van der Waals surface area contributed by atoms with Gasteiger partial charge in [0.15, 0.2) is 29.3 Å². The Bertz CT molecular complexity index is 2570. The lowest BCUT2D eigenvalue weighted by atomic mass is 9.91. The van der Waals surface area contributed by atoms with Crippen molar-refractivity contribution in [2.45, 2.75) is 68.5 Å². The third-order valence-corrected chi connectivity index (χ3v) is 11.8. The molecule has 8 rings (SSSR count). The summed E-state index contributed by atoms with van der Waals surface area (Å²) in [4.78, 5) is 78.1. The van der Waals surface area contributed by atoms with Crippen LogP contribution in [0.2, 0.25) is 0 Å². The number of likely N-dealkylation sites (N-methyl/N-ethyl adjacent to an activating group) is 1. The number of aliphatic hydroxyl groups excluding tert-OH is 2. The zero-order valence-electron chi connectivity index (χ0n) is 37.4. The average Bonchev–Trinajstić information content (AvgIpc) is 4.17. The molecular weight excluding hydrogens is 910 g/mol. The van der Waals surface area contributed by atoms with Crippen LogP contribution in [0, 0.1) is 0 Å². The van der Waals surface area contributed by atoms with Crippen LogP contribution in [0.3, 0.4) is 0 Å². The van der Waals surface area contributed by atoms with Crippen LogP contribution in [-0.2, 0) is 19.1 Å². The van der Waals surface area contributed by atoms with Crippen molar-refractivity contribution in [2.75, 3.05) is 56.6 Å². The van der Waals surface area contributed by atoms with Crippen LogP contribution >= 0.6 is 0 Å². The summed E-state index contributed by atoms with van der Waals surface area (Å²) in [6, 6.07) is 25.7. The van der Waals surface area contributed by atoms with Crippen LogP contribution in [-0.4, -0.2) is 152 Å². The Morgan fingerprint density at radius 2 is 1.43 bits per heavy atom. The number of anilines is 2. The number of carbonyl (C=O) groups excluding carboxylic acids is 4. The highest BCUT2D eigenvalue weighted by molar-refractivity contribution is 5.96. The minimum absolute atomic E-state index is 0.0514. The second-order valence-corrected chi connectivity index (χ2v) is 16.4. The number of hydrogen-bond acceptors (Lipinski definition) is 14. The highest BCUT2D eigenvalue weighted by Gasteiger charge is 2.48. The van der Waals surface area contributed by atoms with E-state index >= 15 is 0 Å². The molecule has 0 spiro atoms. The van der Waals surface area contributed by atoms with Gasteiger partial charge < -0.3 is 55.9 Å². The summed E-state index contributed by atoms with van der Waals surface area (Å²) >= 11 is 0. The van der Waals surface area contributed by atoms with E-state index in [-0.39, 0.29) is 29.9 Å². The molecule has 7 N–H and O–H groups in total. The first-order chi connectivity index (χ1) is 33.1. The van der Waals surface area contributed by atoms with Gasteiger partial charge in [0.05, 0.1) is 19.0 Å². The predicted molar refractivity (Wildman–Crippen MR) is 241 cm³/mol. The quantitative estimate of drug-likeness (QED) is 0.0837. The fourth-order valence-corrected chi connectivity index (χ4v) is 8.32. The summed E-state index contributed by atoms with van der Waals surface area (Å²) in [5.74, 6) is -3.24. The molecule has 3 fully saturated rings. The molecule has 3 aromatic carbocycles. The second kappa shape index (κ2) is 21.7. The topological polar surface area (TPSA) is 263 Å². The SMILES string of the molecule is CCNC(=O)[C@H]1O[C@@H](n2cnc3c(NCC(c4ccccc4)c4ccccc4)nc(N4CC[C@@H](NC(=O)N[C@@H]5CCN(C(=O)c6ccc(C(=O)OC)cc6)C5)C4)nc32)[C@H](O)[C@@H]1O.O=C(O)C(F)(F)F. The van der Waals surface area contributed by atoms with Gasteiger partial charge in [-0.2, -0.15) is 23.1 Å². The molecule has 3 saturated heterocycles. The lowest BCUT2D eigenvalue weighted by Gasteiger charge is -2.22. The third kappa shape index (κ3) is 11.7. The minimum atomic E-state index is -5.08. The van der Waals surface area contributed by atoms with Gasteiger partial charge in [-0.05, 0) is 55.2 Å². The number of aliphatic carboxylic acids is 1. The Kier molecular flexibility index (Phi) is 15.6. The maximum atomic E-state index is 13.3. The number of urea groups is 1. The van der Waals surface area contributed by atoms with Crippen LogP contribution in [0.4, 0.5) is 29.7 Å². The molecule has 6 atom stereocenters. The Hall–Kier alpha value is -7.37. The number of carbonyl (C=O) groups is 5.